The monoisotopic (exact) mass is 404 g/mol. The molecule has 0 radical (unpaired) electrons. The predicted octanol–water partition coefficient (Wildman–Crippen LogP) is 1.24. The fourth-order valence-corrected chi connectivity index (χ4v) is 5.34. The maximum absolute atomic E-state index is 12.4. The van der Waals surface area contributed by atoms with Crippen LogP contribution in [0.25, 0.3) is 0 Å². The fourth-order valence-electron chi connectivity index (χ4n) is 4.73. The number of carboxylic acids is 1. The van der Waals surface area contributed by atoms with Gasteiger partial charge in [0, 0.05) is 30.8 Å². The number of nitrogens with one attached hydrogen (secondary N) is 1. The van der Waals surface area contributed by atoms with Gasteiger partial charge in [0.05, 0.1) is 28.8 Å². The van der Waals surface area contributed by atoms with Crippen LogP contribution < -0.4 is 0 Å². The van der Waals surface area contributed by atoms with E-state index in [1.165, 1.54) is 4.90 Å². The summed E-state index contributed by atoms with van der Waals surface area (Å²) < 4.78 is 0. The smallest absolute Gasteiger partial charge is 0.352 e. The van der Waals surface area contributed by atoms with Crippen molar-refractivity contribution in [1.29, 1.82) is 5.41 Å². The first kappa shape index (κ1) is 19.1. The van der Waals surface area contributed by atoms with E-state index in [4.69, 9.17) is 5.41 Å². The third kappa shape index (κ3) is 3.02. The van der Waals surface area contributed by atoms with Gasteiger partial charge in [-0.05, 0) is 32.3 Å². The highest BCUT2D eigenvalue weighted by atomic mass is 32.1. The molecule has 1 aromatic heterocycles. The highest BCUT2D eigenvalue weighted by Gasteiger charge is 2.57. The van der Waals surface area contributed by atoms with Gasteiger partial charge in [0.25, 0.3) is 0 Å². The van der Waals surface area contributed by atoms with Gasteiger partial charge in [0.2, 0.25) is 5.91 Å². The minimum Gasteiger partial charge on any atom is -0.477 e. The first-order valence-corrected chi connectivity index (χ1v) is 10.4. The summed E-state index contributed by atoms with van der Waals surface area (Å²) in [6.07, 6.45) is 0.954. The third-order valence-corrected chi connectivity index (χ3v) is 6.87. The lowest BCUT2D eigenvalue weighted by atomic mass is 9.82. The van der Waals surface area contributed by atoms with Crippen LogP contribution in [0.4, 0.5) is 0 Å². The zero-order chi connectivity index (χ0) is 20.2. The number of aliphatic hydroxyl groups excluding tert-OH is 1. The summed E-state index contributed by atoms with van der Waals surface area (Å²) in [5, 5.41) is 30.9. The first-order chi connectivity index (χ1) is 13.3. The fraction of sp³-hybridized carbons (Fsp3) is 0.579. The second-order valence-electron chi connectivity index (χ2n) is 7.84. The van der Waals surface area contributed by atoms with Crippen molar-refractivity contribution < 1.29 is 19.8 Å². The van der Waals surface area contributed by atoms with Crippen LogP contribution in [0.5, 0.6) is 0 Å². The van der Waals surface area contributed by atoms with Crippen LogP contribution in [0.2, 0.25) is 0 Å². The third-order valence-electron chi connectivity index (χ3n) is 6.04. The van der Waals surface area contributed by atoms with Crippen molar-refractivity contribution in [3.8, 4) is 0 Å². The van der Waals surface area contributed by atoms with E-state index >= 15 is 0 Å². The number of carboxylic acid groups (broad SMARTS) is 1. The van der Waals surface area contributed by atoms with E-state index in [1.54, 1.807) is 18.3 Å². The standard InChI is InChI=1S/C19H24N4O4S/c1-9(24)16-14-6-13(17(19(26)27)23(14)18(16)25)11-3-4-22(7-11)15(20)5-12-8-28-10(2)21-12/h8-9,11,14,16,20,24H,3-7H2,1-2H3,(H,26,27)/t9-,11-,14-,16-/m1/s1. The summed E-state index contributed by atoms with van der Waals surface area (Å²) in [6, 6.07) is -0.250. The summed E-state index contributed by atoms with van der Waals surface area (Å²) in [5.41, 5.74) is 1.77. The topological polar surface area (TPSA) is 118 Å². The normalized spacial score (nSPS) is 27.8. The zero-order valence-electron chi connectivity index (χ0n) is 15.9. The first-order valence-electron chi connectivity index (χ1n) is 9.48. The Morgan fingerprint density at radius 1 is 1.50 bits per heavy atom. The van der Waals surface area contributed by atoms with E-state index in [0.717, 1.165) is 22.7 Å². The molecule has 0 aliphatic carbocycles. The lowest BCUT2D eigenvalue weighted by molar-refractivity contribution is -0.161. The Morgan fingerprint density at radius 2 is 2.25 bits per heavy atom. The maximum Gasteiger partial charge on any atom is 0.352 e. The number of fused-ring (bicyclic) bond motifs is 1. The number of carbonyl (C=O) groups excluding carboxylic acids is 1. The molecule has 8 nitrogen and oxygen atoms in total. The molecular weight excluding hydrogens is 380 g/mol. The molecule has 0 spiro atoms. The number of hydrogen-bond donors (Lipinski definition) is 3. The van der Waals surface area contributed by atoms with E-state index in [-0.39, 0.29) is 23.6 Å². The van der Waals surface area contributed by atoms with E-state index in [2.05, 4.69) is 4.98 Å². The zero-order valence-corrected chi connectivity index (χ0v) is 16.7. The highest BCUT2D eigenvalue weighted by molar-refractivity contribution is 7.09. The van der Waals surface area contributed by atoms with Crippen LogP contribution in [-0.4, -0.2) is 67.9 Å². The van der Waals surface area contributed by atoms with Crippen molar-refractivity contribution in [3.63, 3.8) is 0 Å². The molecule has 1 aromatic rings. The van der Waals surface area contributed by atoms with Crippen molar-refractivity contribution in [3.05, 3.63) is 27.4 Å². The predicted molar refractivity (Wildman–Crippen MR) is 103 cm³/mol. The van der Waals surface area contributed by atoms with Crippen LogP contribution in [0.3, 0.4) is 0 Å². The van der Waals surface area contributed by atoms with Gasteiger partial charge in [0.1, 0.15) is 11.5 Å². The van der Waals surface area contributed by atoms with Gasteiger partial charge >= 0.3 is 5.97 Å². The van der Waals surface area contributed by atoms with Crippen LogP contribution in [0.15, 0.2) is 16.7 Å². The number of β-lactam (4-membered cyclic amide) rings is 1. The molecular formula is C19H24N4O4S. The average Bonchev–Trinajstić information content (AvgIpc) is 3.31. The van der Waals surface area contributed by atoms with Gasteiger partial charge in [-0.2, -0.15) is 0 Å². The lowest BCUT2D eigenvalue weighted by Crippen LogP contribution is -2.61. The van der Waals surface area contributed by atoms with Gasteiger partial charge < -0.3 is 20.0 Å². The molecule has 3 aliphatic rings. The molecule has 0 saturated carbocycles. The number of thiazole rings is 1. The van der Waals surface area contributed by atoms with E-state index in [1.807, 2.05) is 17.2 Å². The van der Waals surface area contributed by atoms with Gasteiger partial charge in [-0.25, -0.2) is 9.78 Å². The van der Waals surface area contributed by atoms with Crippen LogP contribution in [0.1, 0.15) is 30.5 Å². The van der Waals surface area contributed by atoms with Crippen molar-refractivity contribution in [2.45, 2.75) is 45.3 Å². The molecule has 0 bridgehead atoms. The second kappa shape index (κ2) is 6.97. The molecule has 4 heterocycles. The second-order valence-corrected chi connectivity index (χ2v) is 8.90. The molecule has 9 heteroatoms. The van der Waals surface area contributed by atoms with Crippen molar-refractivity contribution in [2.75, 3.05) is 13.1 Å². The summed E-state index contributed by atoms with van der Waals surface area (Å²) in [5.74, 6) is -1.40. The van der Waals surface area contributed by atoms with Crippen LogP contribution >= 0.6 is 11.3 Å². The van der Waals surface area contributed by atoms with Gasteiger partial charge in [-0.3, -0.25) is 10.2 Å². The number of amidine groups is 1. The Bertz CT molecular complexity index is 877. The molecule has 3 aliphatic heterocycles. The molecule has 0 aromatic carbocycles. The summed E-state index contributed by atoms with van der Waals surface area (Å²) in [7, 11) is 0. The molecule has 3 N–H and O–H groups in total. The number of aliphatic hydroxyl groups is 1. The number of carbonyl (C=O) groups is 2. The molecule has 1 amide bonds. The Balaban J connectivity index is 1.48. The largest absolute Gasteiger partial charge is 0.477 e. The number of rotatable bonds is 5. The SMILES string of the molecule is Cc1nc(CC(=N)N2CC[C@@H](C3=C(C(=O)O)N4C(=O)[C@H]([C@@H](C)O)[C@H]4C3)C2)cs1. The van der Waals surface area contributed by atoms with Crippen LogP contribution in [-0.2, 0) is 16.0 Å². The van der Waals surface area contributed by atoms with Crippen molar-refractivity contribution >= 4 is 29.0 Å². The maximum atomic E-state index is 12.4. The summed E-state index contributed by atoms with van der Waals surface area (Å²) in [6.45, 7) is 4.80. The molecule has 150 valence electrons. The number of likely N-dealkylation sites (tertiary alicyclic amines) is 1. The number of amides is 1. The number of aryl methyl sites for hydroxylation is 1. The number of aromatic nitrogens is 1. The number of aliphatic carboxylic acids is 1. The lowest BCUT2D eigenvalue weighted by Gasteiger charge is -2.44. The summed E-state index contributed by atoms with van der Waals surface area (Å²) in [4.78, 5) is 32.0. The van der Waals surface area contributed by atoms with Crippen molar-refractivity contribution in [2.24, 2.45) is 11.8 Å². The van der Waals surface area contributed by atoms with Crippen LogP contribution in [0, 0.1) is 24.2 Å². The van der Waals surface area contributed by atoms with Gasteiger partial charge in [-0.15, -0.1) is 11.3 Å². The minimum absolute atomic E-state index is 0.0108. The molecule has 4 rings (SSSR count). The van der Waals surface area contributed by atoms with Gasteiger partial charge in [0.15, 0.2) is 0 Å². The quantitative estimate of drug-likeness (QED) is 0.386. The number of hydrogen-bond acceptors (Lipinski definition) is 6. The Hall–Kier alpha value is -2.26. The Labute approximate surface area is 167 Å². The van der Waals surface area contributed by atoms with E-state index in [9.17, 15) is 19.8 Å². The average molecular weight is 404 g/mol. The minimum atomic E-state index is -1.08. The Morgan fingerprint density at radius 3 is 2.86 bits per heavy atom. The molecule has 4 atom stereocenters. The molecule has 2 saturated heterocycles. The van der Waals surface area contributed by atoms with E-state index in [0.29, 0.717) is 31.8 Å². The van der Waals surface area contributed by atoms with Gasteiger partial charge in [-0.1, -0.05) is 0 Å². The van der Waals surface area contributed by atoms with Crippen molar-refractivity contribution in [1.82, 2.24) is 14.8 Å². The molecule has 28 heavy (non-hydrogen) atoms. The highest BCUT2D eigenvalue weighted by Crippen LogP contribution is 2.47. The van der Waals surface area contributed by atoms with E-state index < -0.39 is 18.0 Å². The Kier molecular flexibility index (Phi) is 4.75. The number of nitrogens with zero attached hydrogens (tertiary/aromatic N) is 3. The molecule has 0 unspecified atom stereocenters. The summed E-state index contributed by atoms with van der Waals surface area (Å²) >= 11 is 1.57. The molecule has 2 fully saturated rings.